The van der Waals surface area contributed by atoms with Crippen molar-refractivity contribution in [2.45, 2.75) is 6.54 Å². The first-order valence-electron chi connectivity index (χ1n) is 8.26. The molecule has 1 heterocycles. The topological polar surface area (TPSA) is 65.2 Å². The van der Waals surface area contributed by atoms with E-state index in [-0.39, 0.29) is 17.2 Å². The first-order valence-corrected chi connectivity index (χ1v) is 8.26. The van der Waals surface area contributed by atoms with E-state index in [1.165, 1.54) is 5.56 Å². The third kappa shape index (κ3) is 4.33. The highest BCUT2D eigenvalue weighted by Gasteiger charge is 2.09. The van der Waals surface area contributed by atoms with Gasteiger partial charge in [0.1, 0.15) is 5.69 Å². The molecule has 1 amide bonds. The van der Waals surface area contributed by atoms with Gasteiger partial charge >= 0.3 is 0 Å². The molecule has 0 saturated carbocycles. The number of likely N-dealkylation sites (N-methyl/N-ethyl adjacent to an activating group) is 1. The summed E-state index contributed by atoms with van der Waals surface area (Å²) in [6.07, 6.45) is 0. The molecule has 0 saturated heterocycles. The molecule has 0 radical (unpaired) electrons. The number of hydrogen-bond acceptors (Lipinski definition) is 3. The molecule has 5 heteroatoms. The molecule has 0 spiro atoms. The highest BCUT2D eigenvalue weighted by atomic mass is 16.2. The average Bonchev–Trinajstić information content (AvgIpc) is 2.62. The molecule has 2 N–H and O–H groups in total. The van der Waals surface area contributed by atoms with Gasteiger partial charge in [-0.25, -0.2) is 0 Å². The lowest BCUT2D eigenvalue weighted by Gasteiger charge is -2.17. The number of carbonyl (C=O) groups is 1. The molecule has 0 bridgehead atoms. The van der Waals surface area contributed by atoms with E-state index >= 15 is 0 Å². The fourth-order valence-corrected chi connectivity index (χ4v) is 2.76. The predicted molar refractivity (Wildman–Crippen MR) is 99.7 cm³/mol. The van der Waals surface area contributed by atoms with Crippen molar-refractivity contribution in [1.82, 2.24) is 15.2 Å². The summed E-state index contributed by atoms with van der Waals surface area (Å²) in [5, 5.41) is 4.20. The Bertz CT molecular complexity index is 919. The number of carbonyl (C=O) groups excluding carboxylic acids is 1. The summed E-state index contributed by atoms with van der Waals surface area (Å²) >= 11 is 0. The third-order valence-corrected chi connectivity index (χ3v) is 4.07. The summed E-state index contributed by atoms with van der Waals surface area (Å²) < 4.78 is 0. The highest BCUT2D eigenvalue weighted by molar-refractivity contribution is 5.96. The molecule has 0 atom stereocenters. The SMILES string of the molecule is CN(CCNC(=O)c1cc2ccccc2c(=O)[nH]1)Cc1ccccc1. The number of hydrogen-bond donors (Lipinski definition) is 2. The maximum atomic E-state index is 12.3. The third-order valence-electron chi connectivity index (χ3n) is 4.07. The minimum absolute atomic E-state index is 0.246. The van der Waals surface area contributed by atoms with Crippen LogP contribution in [0.4, 0.5) is 0 Å². The Labute approximate surface area is 146 Å². The summed E-state index contributed by atoms with van der Waals surface area (Å²) in [7, 11) is 2.01. The van der Waals surface area contributed by atoms with E-state index in [0.29, 0.717) is 11.9 Å². The van der Waals surface area contributed by atoms with Crippen molar-refractivity contribution in [3.05, 3.63) is 82.3 Å². The number of aromatic amines is 1. The summed E-state index contributed by atoms with van der Waals surface area (Å²) in [5.74, 6) is -0.268. The lowest BCUT2D eigenvalue weighted by atomic mass is 10.1. The number of amides is 1. The van der Waals surface area contributed by atoms with E-state index in [2.05, 4.69) is 27.3 Å². The van der Waals surface area contributed by atoms with Gasteiger partial charge in [0, 0.05) is 25.0 Å². The zero-order valence-electron chi connectivity index (χ0n) is 14.2. The van der Waals surface area contributed by atoms with E-state index in [1.54, 1.807) is 18.2 Å². The van der Waals surface area contributed by atoms with Crippen molar-refractivity contribution >= 4 is 16.7 Å². The Morgan fingerprint density at radius 1 is 1.08 bits per heavy atom. The second-order valence-electron chi connectivity index (χ2n) is 6.08. The largest absolute Gasteiger partial charge is 0.349 e. The quantitative estimate of drug-likeness (QED) is 0.727. The molecule has 5 nitrogen and oxygen atoms in total. The van der Waals surface area contributed by atoms with E-state index in [0.717, 1.165) is 18.5 Å². The van der Waals surface area contributed by atoms with Gasteiger partial charge in [-0.1, -0.05) is 48.5 Å². The number of aromatic nitrogens is 1. The first kappa shape index (κ1) is 16.9. The van der Waals surface area contributed by atoms with Gasteiger partial charge in [-0.15, -0.1) is 0 Å². The molecule has 0 fully saturated rings. The van der Waals surface area contributed by atoms with Crippen LogP contribution in [0.15, 0.2) is 65.5 Å². The van der Waals surface area contributed by atoms with E-state index < -0.39 is 0 Å². The van der Waals surface area contributed by atoms with Gasteiger partial charge in [-0.2, -0.15) is 0 Å². The number of nitrogens with zero attached hydrogens (tertiary/aromatic N) is 1. The summed E-state index contributed by atoms with van der Waals surface area (Å²) in [6.45, 7) is 2.05. The van der Waals surface area contributed by atoms with Crippen LogP contribution in [0.3, 0.4) is 0 Å². The molecule has 0 aliphatic rings. The van der Waals surface area contributed by atoms with Crippen molar-refractivity contribution in [2.24, 2.45) is 0 Å². The number of rotatable bonds is 6. The molecule has 25 heavy (non-hydrogen) atoms. The molecule has 0 unspecified atom stereocenters. The fraction of sp³-hybridized carbons (Fsp3) is 0.200. The molecule has 0 aliphatic carbocycles. The van der Waals surface area contributed by atoms with Crippen molar-refractivity contribution in [2.75, 3.05) is 20.1 Å². The number of pyridine rings is 1. The zero-order chi connectivity index (χ0) is 17.6. The molecule has 2 aromatic carbocycles. The second-order valence-corrected chi connectivity index (χ2v) is 6.08. The number of nitrogens with one attached hydrogen (secondary N) is 2. The van der Waals surface area contributed by atoms with Crippen LogP contribution in [-0.2, 0) is 6.54 Å². The van der Waals surface area contributed by atoms with Crippen LogP contribution in [0.25, 0.3) is 10.8 Å². The van der Waals surface area contributed by atoms with Crippen LogP contribution in [0, 0.1) is 0 Å². The van der Waals surface area contributed by atoms with Gasteiger partial charge in [-0.05, 0) is 30.1 Å². The Hall–Kier alpha value is -2.92. The Morgan fingerprint density at radius 3 is 2.60 bits per heavy atom. The van der Waals surface area contributed by atoms with Crippen LogP contribution in [0.2, 0.25) is 0 Å². The lowest BCUT2D eigenvalue weighted by Crippen LogP contribution is -2.33. The standard InChI is InChI=1S/C20H21N3O2/c1-23(14-15-7-3-2-4-8-15)12-11-21-20(25)18-13-16-9-5-6-10-17(16)19(24)22-18/h2-10,13H,11-12,14H2,1H3,(H,21,25)(H,22,24). The molecule has 1 aromatic heterocycles. The van der Waals surface area contributed by atoms with Gasteiger partial charge in [0.05, 0.1) is 0 Å². The molecule has 0 aliphatic heterocycles. The van der Waals surface area contributed by atoms with Crippen molar-refractivity contribution in [1.29, 1.82) is 0 Å². The summed E-state index contributed by atoms with van der Waals surface area (Å²) in [5.41, 5.74) is 1.27. The van der Waals surface area contributed by atoms with E-state index in [4.69, 9.17) is 0 Å². The normalized spacial score (nSPS) is 11.0. The maximum absolute atomic E-state index is 12.3. The van der Waals surface area contributed by atoms with Gasteiger partial charge in [0.25, 0.3) is 11.5 Å². The summed E-state index contributed by atoms with van der Waals surface area (Å²) in [4.78, 5) is 29.1. The lowest BCUT2D eigenvalue weighted by molar-refractivity contribution is 0.0944. The second kappa shape index (κ2) is 7.77. The van der Waals surface area contributed by atoms with Gasteiger partial charge in [0.15, 0.2) is 0 Å². The summed E-state index contributed by atoms with van der Waals surface area (Å²) in [6, 6.07) is 19.1. The van der Waals surface area contributed by atoms with Crippen LogP contribution in [-0.4, -0.2) is 35.9 Å². The fourth-order valence-electron chi connectivity index (χ4n) is 2.76. The van der Waals surface area contributed by atoms with Crippen LogP contribution < -0.4 is 10.9 Å². The Balaban J connectivity index is 1.57. The van der Waals surface area contributed by atoms with Gasteiger partial charge < -0.3 is 15.2 Å². The van der Waals surface area contributed by atoms with Crippen LogP contribution >= 0.6 is 0 Å². The van der Waals surface area contributed by atoms with Crippen LogP contribution in [0.5, 0.6) is 0 Å². The van der Waals surface area contributed by atoms with Crippen LogP contribution in [0.1, 0.15) is 16.1 Å². The van der Waals surface area contributed by atoms with E-state index in [9.17, 15) is 9.59 Å². The van der Waals surface area contributed by atoms with Crippen molar-refractivity contribution in [3.8, 4) is 0 Å². The maximum Gasteiger partial charge on any atom is 0.267 e. The zero-order valence-corrected chi connectivity index (χ0v) is 14.2. The monoisotopic (exact) mass is 335 g/mol. The molecular weight excluding hydrogens is 314 g/mol. The molecule has 3 aromatic rings. The van der Waals surface area contributed by atoms with Crippen molar-refractivity contribution < 1.29 is 4.79 Å². The number of fused-ring (bicyclic) bond motifs is 1. The number of H-pyrrole nitrogens is 1. The molecular formula is C20H21N3O2. The Kier molecular flexibility index (Phi) is 5.26. The van der Waals surface area contributed by atoms with Gasteiger partial charge in [0.2, 0.25) is 0 Å². The average molecular weight is 335 g/mol. The van der Waals surface area contributed by atoms with E-state index in [1.807, 2.05) is 37.4 Å². The Morgan fingerprint density at radius 2 is 1.80 bits per heavy atom. The highest BCUT2D eigenvalue weighted by Crippen LogP contribution is 2.09. The number of benzene rings is 2. The predicted octanol–water partition coefficient (Wildman–Crippen LogP) is 2.39. The minimum atomic E-state index is -0.268. The molecule has 128 valence electrons. The smallest absolute Gasteiger partial charge is 0.267 e. The minimum Gasteiger partial charge on any atom is -0.349 e. The molecule has 3 rings (SSSR count). The first-order chi connectivity index (χ1) is 12.1. The van der Waals surface area contributed by atoms with Crippen molar-refractivity contribution in [3.63, 3.8) is 0 Å². The van der Waals surface area contributed by atoms with Gasteiger partial charge in [-0.3, -0.25) is 9.59 Å².